The summed E-state index contributed by atoms with van der Waals surface area (Å²) in [5.41, 5.74) is 1.03. The highest BCUT2D eigenvalue weighted by Gasteiger charge is 2.35. The van der Waals surface area contributed by atoms with Gasteiger partial charge >= 0.3 is 0 Å². The zero-order valence-electron chi connectivity index (χ0n) is 10.4. The third-order valence-electron chi connectivity index (χ3n) is 2.98. The molecular weight excluding hydrogens is 342 g/mol. The highest BCUT2D eigenvalue weighted by molar-refractivity contribution is 9.09. The van der Waals surface area contributed by atoms with Gasteiger partial charge in [-0.15, -0.1) is 0 Å². The van der Waals surface area contributed by atoms with E-state index in [0.717, 1.165) is 35.0 Å². The van der Waals surface area contributed by atoms with Crippen LogP contribution in [-0.2, 0) is 0 Å². The molecule has 100 valence electrons. The van der Waals surface area contributed by atoms with Gasteiger partial charge in [-0.3, -0.25) is 0 Å². The maximum Gasteiger partial charge on any atom is 0.269 e. The van der Waals surface area contributed by atoms with Crippen molar-refractivity contribution in [1.82, 2.24) is 0 Å². The van der Waals surface area contributed by atoms with Crippen LogP contribution in [0.25, 0.3) is 0 Å². The molecule has 3 rings (SSSR count). The van der Waals surface area contributed by atoms with Crippen LogP contribution in [0.15, 0.2) is 40.3 Å². The predicted molar refractivity (Wildman–Crippen MR) is 89.3 cm³/mol. The molecule has 1 N–H and O–H groups in total. The van der Waals surface area contributed by atoms with Crippen molar-refractivity contribution in [3.05, 3.63) is 30.3 Å². The van der Waals surface area contributed by atoms with Crippen LogP contribution in [0.5, 0.6) is 0 Å². The highest BCUT2D eigenvalue weighted by atomic mass is 79.9. The van der Waals surface area contributed by atoms with Crippen molar-refractivity contribution in [3.63, 3.8) is 0 Å². The number of nitrogens with one attached hydrogen (secondary N) is 1. The third-order valence-corrected chi connectivity index (χ3v) is 6.46. The molecular formula is C13H15BrN3S2+. The lowest BCUT2D eigenvalue weighted by molar-refractivity contribution is -0.685. The van der Waals surface area contributed by atoms with Gasteiger partial charge in [0.2, 0.25) is 0 Å². The number of hydrogen-bond acceptors (Lipinski definition) is 4. The number of para-hydroxylation sites is 1. The molecule has 0 spiro atoms. The largest absolute Gasteiger partial charge is 0.269 e. The molecule has 1 fully saturated rings. The molecule has 19 heavy (non-hydrogen) atoms. The van der Waals surface area contributed by atoms with E-state index in [0.29, 0.717) is 5.25 Å². The van der Waals surface area contributed by atoms with Gasteiger partial charge in [0.15, 0.2) is 0 Å². The quantitative estimate of drug-likeness (QED) is 0.822. The second-order valence-corrected chi connectivity index (χ2v) is 7.39. The van der Waals surface area contributed by atoms with Gasteiger partial charge in [-0.1, -0.05) is 34.1 Å². The molecule has 0 amide bonds. The Bertz CT molecular complexity index is 504. The first-order chi connectivity index (χ1) is 9.36. The van der Waals surface area contributed by atoms with Gasteiger partial charge < -0.3 is 0 Å². The fourth-order valence-corrected chi connectivity index (χ4v) is 4.75. The number of thioether (sulfide) groups is 2. The highest BCUT2D eigenvalue weighted by Crippen LogP contribution is 2.21. The van der Waals surface area contributed by atoms with E-state index in [9.17, 15) is 0 Å². The molecule has 2 aliphatic rings. The second-order valence-electron chi connectivity index (χ2n) is 4.37. The van der Waals surface area contributed by atoms with E-state index >= 15 is 0 Å². The molecule has 0 aromatic heterocycles. The Morgan fingerprint density at radius 1 is 1.37 bits per heavy atom. The first-order valence-electron chi connectivity index (χ1n) is 6.27. The molecule has 0 aliphatic carbocycles. The van der Waals surface area contributed by atoms with Crippen molar-refractivity contribution in [1.29, 1.82) is 0 Å². The molecule has 2 unspecified atom stereocenters. The van der Waals surface area contributed by atoms with Crippen LogP contribution in [0, 0.1) is 0 Å². The molecule has 2 aliphatic heterocycles. The van der Waals surface area contributed by atoms with Crippen molar-refractivity contribution >= 4 is 55.5 Å². The molecule has 0 radical (unpaired) electrons. The molecule has 2 atom stereocenters. The predicted octanol–water partition coefficient (Wildman–Crippen LogP) is 2.17. The molecule has 2 heterocycles. The van der Waals surface area contributed by atoms with Crippen LogP contribution in [0.1, 0.15) is 0 Å². The summed E-state index contributed by atoms with van der Waals surface area (Å²) in [5.74, 6) is 1.12. The third kappa shape index (κ3) is 3.24. The average Bonchev–Trinajstić information content (AvgIpc) is 3.08. The monoisotopic (exact) mass is 356 g/mol. The molecule has 1 saturated heterocycles. The number of amidine groups is 2. The van der Waals surface area contributed by atoms with Crippen molar-refractivity contribution in [3.8, 4) is 0 Å². The smallest absolute Gasteiger partial charge is 0.227 e. The second kappa shape index (κ2) is 6.43. The van der Waals surface area contributed by atoms with E-state index in [4.69, 9.17) is 4.99 Å². The van der Waals surface area contributed by atoms with Gasteiger partial charge in [0.1, 0.15) is 0 Å². The van der Waals surface area contributed by atoms with Crippen molar-refractivity contribution < 1.29 is 4.90 Å². The minimum absolute atomic E-state index is 0.589. The first-order valence-corrected chi connectivity index (χ1v) is 9.25. The number of alkyl halides is 1. The molecule has 3 nitrogen and oxygen atoms in total. The summed E-state index contributed by atoms with van der Waals surface area (Å²) in [4.78, 5) is 10.8. The van der Waals surface area contributed by atoms with Crippen molar-refractivity contribution in [2.75, 3.05) is 24.2 Å². The van der Waals surface area contributed by atoms with E-state index in [1.165, 1.54) is 10.1 Å². The van der Waals surface area contributed by atoms with Crippen molar-refractivity contribution in [2.24, 2.45) is 9.98 Å². The van der Waals surface area contributed by atoms with Gasteiger partial charge in [0, 0.05) is 10.6 Å². The number of benzene rings is 1. The van der Waals surface area contributed by atoms with Crippen LogP contribution in [-0.4, -0.2) is 39.8 Å². The summed E-state index contributed by atoms with van der Waals surface area (Å²) in [6.45, 7) is 2.02. The maximum absolute atomic E-state index is 4.77. The van der Waals surface area contributed by atoms with E-state index in [2.05, 4.69) is 20.9 Å². The Kier molecular flexibility index (Phi) is 4.63. The average molecular weight is 357 g/mol. The minimum atomic E-state index is 0.589. The Labute approximate surface area is 130 Å². The Morgan fingerprint density at radius 2 is 2.21 bits per heavy atom. The van der Waals surface area contributed by atoms with E-state index < -0.39 is 0 Å². The summed E-state index contributed by atoms with van der Waals surface area (Å²) < 4.78 is 0. The van der Waals surface area contributed by atoms with Crippen LogP contribution >= 0.6 is 39.5 Å². The number of nitrogens with zero attached hydrogens (tertiary/aromatic N) is 2. The molecule has 6 heteroatoms. The van der Waals surface area contributed by atoms with Crippen LogP contribution in [0.2, 0.25) is 0 Å². The van der Waals surface area contributed by atoms with Crippen molar-refractivity contribution in [2.45, 2.75) is 5.25 Å². The summed E-state index contributed by atoms with van der Waals surface area (Å²) in [5, 5.41) is 3.97. The lowest BCUT2D eigenvalue weighted by Crippen LogP contribution is -3.14. The molecule has 0 bridgehead atoms. The SMILES string of the molecule is BrCC1CN=C([NH+]2CCSC2=Nc2ccccc2)S1. The van der Waals surface area contributed by atoms with Crippen LogP contribution in [0.3, 0.4) is 0 Å². The van der Waals surface area contributed by atoms with Gasteiger partial charge in [-0.05, 0) is 35.7 Å². The Hall–Kier alpha value is -0.300. The zero-order chi connectivity index (χ0) is 13.1. The van der Waals surface area contributed by atoms with Crippen LogP contribution < -0.4 is 4.90 Å². The summed E-state index contributed by atoms with van der Waals surface area (Å²) in [6.07, 6.45) is 0. The minimum Gasteiger partial charge on any atom is -0.227 e. The van der Waals surface area contributed by atoms with E-state index in [1.54, 1.807) is 0 Å². The zero-order valence-corrected chi connectivity index (χ0v) is 13.6. The number of rotatable bonds is 2. The first kappa shape index (κ1) is 13.7. The maximum atomic E-state index is 4.77. The molecule has 1 aromatic carbocycles. The van der Waals surface area contributed by atoms with Gasteiger partial charge in [-0.25, -0.2) is 9.89 Å². The Morgan fingerprint density at radius 3 is 2.95 bits per heavy atom. The van der Waals surface area contributed by atoms with E-state index in [1.807, 2.05) is 53.9 Å². The number of aliphatic imine (C=N–C) groups is 2. The van der Waals surface area contributed by atoms with E-state index in [-0.39, 0.29) is 0 Å². The fraction of sp³-hybridized carbons (Fsp3) is 0.385. The topological polar surface area (TPSA) is 29.2 Å². The van der Waals surface area contributed by atoms with Gasteiger partial charge in [0.25, 0.3) is 10.3 Å². The lowest BCUT2D eigenvalue weighted by atomic mass is 10.3. The Balaban J connectivity index is 1.77. The van der Waals surface area contributed by atoms with Crippen LogP contribution in [0.4, 0.5) is 5.69 Å². The summed E-state index contributed by atoms with van der Waals surface area (Å²) in [7, 11) is 0. The summed E-state index contributed by atoms with van der Waals surface area (Å²) >= 11 is 7.28. The van der Waals surface area contributed by atoms with Gasteiger partial charge in [-0.2, -0.15) is 4.99 Å². The molecule has 0 saturated carbocycles. The van der Waals surface area contributed by atoms with Gasteiger partial charge in [0.05, 0.1) is 24.5 Å². The lowest BCUT2D eigenvalue weighted by Gasteiger charge is -2.10. The normalized spacial score (nSPS) is 28.9. The number of halogens is 1. The standard InChI is InChI=1S/C13H14BrN3S2/c14-8-11-9-15-12(19-11)17-6-7-18-13(17)16-10-4-2-1-3-5-10/h1-5,11H,6-9H2/p+1. The fourth-order valence-electron chi connectivity index (χ4n) is 2.03. The molecule has 1 aromatic rings. The number of hydrogen-bond donors (Lipinski definition) is 1. The summed E-state index contributed by atoms with van der Waals surface area (Å²) in [6, 6.07) is 10.2. The number of quaternary nitrogens is 1.